The minimum Gasteiger partial charge on any atom is -0.268 e. The van der Waals surface area contributed by atoms with Crippen LogP contribution in [0.4, 0.5) is 4.79 Å². The predicted molar refractivity (Wildman–Crippen MR) is 43.2 cm³/mol. The van der Waals surface area contributed by atoms with Gasteiger partial charge in [-0.25, -0.2) is 0 Å². The number of hydrogen-bond acceptors (Lipinski definition) is 2. The van der Waals surface area contributed by atoms with Gasteiger partial charge in [0.2, 0.25) is 0 Å². The molecule has 0 saturated heterocycles. The van der Waals surface area contributed by atoms with Crippen LogP contribution in [0.3, 0.4) is 0 Å². The molecule has 0 rings (SSSR count). The molecular formula is C6H11ClOS. The Bertz CT molecular complexity index is 93.1. The van der Waals surface area contributed by atoms with Crippen LogP contribution in [0.5, 0.6) is 0 Å². The van der Waals surface area contributed by atoms with Crippen molar-refractivity contribution in [1.29, 1.82) is 0 Å². The topological polar surface area (TPSA) is 17.1 Å². The largest absolute Gasteiger partial charge is 0.279 e. The summed E-state index contributed by atoms with van der Waals surface area (Å²) in [4.78, 5) is 10.2. The van der Waals surface area contributed by atoms with E-state index in [0.717, 1.165) is 12.2 Å². The monoisotopic (exact) mass is 166 g/mol. The van der Waals surface area contributed by atoms with Crippen molar-refractivity contribution in [3.05, 3.63) is 0 Å². The van der Waals surface area contributed by atoms with E-state index in [9.17, 15) is 4.79 Å². The van der Waals surface area contributed by atoms with Gasteiger partial charge in [0.15, 0.2) is 0 Å². The summed E-state index contributed by atoms with van der Waals surface area (Å²) in [6, 6.07) is 0. The summed E-state index contributed by atoms with van der Waals surface area (Å²) in [5, 5.41) is 0. The molecule has 0 heterocycles. The number of thioether (sulfide) groups is 1. The van der Waals surface area contributed by atoms with Gasteiger partial charge in [-0.3, -0.25) is 4.79 Å². The molecule has 54 valence electrons. The van der Waals surface area contributed by atoms with E-state index in [0.29, 0.717) is 5.92 Å². The Labute approximate surface area is 65.2 Å². The predicted octanol–water partition coefficient (Wildman–Crippen LogP) is 3.12. The SMILES string of the molecule is CC(C)CCSC(=O)Cl. The van der Waals surface area contributed by atoms with Crippen LogP contribution in [0.2, 0.25) is 0 Å². The Balaban J connectivity index is 3.01. The molecule has 0 aliphatic carbocycles. The molecule has 0 aromatic carbocycles. The molecule has 3 heteroatoms. The first-order valence-corrected chi connectivity index (χ1v) is 4.31. The third-order valence-corrected chi connectivity index (χ3v) is 1.90. The second-order valence-corrected chi connectivity index (χ2v) is 3.90. The standard InChI is InChI=1S/C6H11ClOS/c1-5(2)3-4-9-6(7)8/h5H,3-4H2,1-2H3. The fourth-order valence-electron chi connectivity index (χ4n) is 0.375. The second-order valence-electron chi connectivity index (χ2n) is 2.27. The lowest BCUT2D eigenvalue weighted by atomic mass is 10.2. The third-order valence-electron chi connectivity index (χ3n) is 0.911. The highest BCUT2D eigenvalue weighted by Gasteiger charge is 1.97. The first-order chi connectivity index (χ1) is 4.13. The molecule has 0 spiro atoms. The van der Waals surface area contributed by atoms with E-state index < -0.39 is 0 Å². The van der Waals surface area contributed by atoms with Crippen molar-refractivity contribution in [3.63, 3.8) is 0 Å². The number of hydrogen-bond donors (Lipinski definition) is 0. The maximum atomic E-state index is 10.2. The maximum Gasteiger partial charge on any atom is 0.279 e. The molecule has 0 unspecified atom stereocenters. The zero-order valence-corrected chi connectivity index (χ0v) is 7.26. The summed E-state index contributed by atoms with van der Waals surface area (Å²) in [6.07, 6.45) is 1.06. The Morgan fingerprint density at radius 3 is 2.56 bits per heavy atom. The highest BCUT2D eigenvalue weighted by atomic mass is 35.5. The van der Waals surface area contributed by atoms with Crippen molar-refractivity contribution in [2.75, 3.05) is 5.75 Å². The smallest absolute Gasteiger partial charge is 0.268 e. The van der Waals surface area contributed by atoms with Crippen molar-refractivity contribution >= 4 is 27.9 Å². The van der Waals surface area contributed by atoms with Crippen LogP contribution in [-0.4, -0.2) is 10.3 Å². The number of rotatable bonds is 3. The van der Waals surface area contributed by atoms with Gasteiger partial charge in [0.1, 0.15) is 0 Å². The first kappa shape index (κ1) is 9.31. The Morgan fingerprint density at radius 2 is 2.22 bits per heavy atom. The lowest BCUT2D eigenvalue weighted by Gasteiger charge is -1.99. The van der Waals surface area contributed by atoms with Crippen molar-refractivity contribution in [1.82, 2.24) is 0 Å². The van der Waals surface area contributed by atoms with Gasteiger partial charge in [-0.15, -0.1) is 0 Å². The molecule has 0 aromatic heterocycles. The fraction of sp³-hybridized carbons (Fsp3) is 0.833. The molecule has 0 N–H and O–H groups in total. The van der Waals surface area contributed by atoms with Gasteiger partial charge in [0.25, 0.3) is 4.57 Å². The molecule has 0 atom stereocenters. The van der Waals surface area contributed by atoms with Gasteiger partial charge < -0.3 is 0 Å². The number of carbonyl (C=O) groups is 1. The number of carbonyl (C=O) groups excluding carboxylic acids is 1. The second kappa shape index (κ2) is 5.12. The lowest BCUT2D eigenvalue weighted by Crippen LogP contribution is -1.90. The fourth-order valence-corrected chi connectivity index (χ4v) is 1.36. The summed E-state index contributed by atoms with van der Waals surface area (Å²) >= 11 is 6.27. The van der Waals surface area contributed by atoms with Crippen LogP contribution >= 0.6 is 23.4 Å². The third kappa shape index (κ3) is 8.31. The zero-order chi connectivity index (χ0) is 7.28. The average molecular weight is 167 g/mol. The van der Waals surface area contributed by atoms with Crippen LogP contribution in [0, 0.1) is 5.92 Å². The minimum absolute atomic E-state index is 0.296. The van der Waals surface area contributed by atoms with E-state index in [1.165, 1.54) is 11.8 Å². The molecular weight excluding hydrogens is 156 g/mol. The molecule has 0 amide bonds. The average Bonchev–Trinajstić information content (AvgIpc) is 1.63. The maximum absolute atomic E-state index is 10.2. The van der Waals surface area contributed by atoms with Crippen LogP contribution < -0.4 is 0 Å². The molecule has 0 aromatic rings. The summed E-state index contributed by atoms with van der Waals surface area (Å²) in [5.41, 5.74) is 0. The van der Waals surface area contributed by atoms with Gasteiger partial charge >= 0.3 is 0 Å². The molecule has 9 heavy (non-hydrogen) atoms. The molecule has 0 aliphatic rings. The van der Waals surface area contributed by atoms with Crippen LogP contribution in [0.1, 0.15) is 20.3 Å². The molecule has 0 radical (unpaired) electrons. The molecule has 0 saturated carbocycles. The molecule has 0 aliphatic heterocycles. The Morgan fingerprint density at radius 1 is 1.67 bits per heavy atom. The van der Waals surface area contributed by atoms with E-state index in [1.54, 1.807) is 0 Å². The van der Waals surface area contributed by atoms with Crippen molar-refractivity contribution in [3.8, 4) is 0 Å². The summed E-state index contributed by atoms with van der Waals surface area (Å²) < 4.78 is -0.296. The molecule has 1 nitrogen and oxygen atoms in total. The van der Waals surface area contributed by atoms with Crippen molar-refractivity contribution in [2.24, 2.45) is 5.92 Å². The van der Waals surface area contributed by atoms with Crippen molar-refractivity contribution < 1.29 is 4.79 Å². The summed E-state index contributed by atoms with van der Waals surface area (Å²) in [5.74, 6) is 1.51. The van der Waals surface area contributed by atoms with Gasteiger partial charge in [-0.2, -0.15) is 0 Å². The molecule has 0 bridgehead atoms. The summed E-state index contributed by atoms with van der Waals surface area (Å²) in [7, 11) is 0. The van der Waals surface area contributed by atoms with Gasteiger partial charge in [-0.1, -0.05) is 25.6 Å². The van der Waals surface area contributed by atoms with E-state index in [1.807, 2.05) is 0 Å². The van der Waals surface area contributed by atoms with E-state index in [2.05, 4.69) is 13.8 Å². The lowest BCUT2D eigenvalue weighted by molar-refractivity contribution is 0.276. The van der Waals surface area contributed by atoms with Crippen LogP contribution in [-0.2, 0) is 0 Å². The minimum atomic E-state index is -0.296. The van der Waals surface area contributed by atoms with Crippen LogP contribution in [0.15, 0.2) is 0 Å². The number of halogens is 1. The van der Waals surface area contributed by atoms with Gasteiger partial charge in [-0.05, 0) is 23.9 Å². The highest BCUT2D eigenvalue weighted by Crippen LogP contribution is 2.11. The quantitative estimate of drug-likeness (QED) is 0.600. The molecule has 0 fully saturated rings. The first-order valence-electron chi connectivity index (χ1n) is 2.95. The van der Waals surface area contributed by atoms with Crippen molar-refractivity contribution in [2.45, 2.75) is 20.3 Å². The van der Waals surface area contributed by atoms with E-state index >= 15 is 0 Å². The van der Waals surface area contributed by atoms with Gasteiger partial charge in [0.05, 0.1) is 0 Å². The highest BCUT2D eigenvalue weighted by molar-refractivity contribution is 8.16. The van der Waals surface area contributed by atoms with E-state index in [-0.39, 0.29) is 4.57 Å². The normalized spacial score (nSPS) is 10.2. The summed E-state index contributed by atoms with van der Waals surface area (Å²) in [6.45, 7) is 4.25. The van der Waals surface area contributed by atoms with Gasteiger partial charge in [0, 0.05) is 5.75 Å². The Hall–Kier alpha value is 0.310. The van der Waals surface area contributed by atoms with Crippen LogP contribution in [0.25, 0.3) is 0 Å². The zero-order valence-electron chi connectivity index (χ0n) is 5.69. The Kier molecular flexibility index (Phi) is 5.30. The van der Waals surface area contributed by atoms with E-state index in [4.69, 9.17) is 11.6 Å².